The summed E-state index contributed by atoms with van der Waals surface area (Å²) >= 11 is 0. The Kier molecular flexibility index (Phi) is 2.32. The van der Waals surface area contributed by atoms with Gasteiger partial charge in [0.25, 0.3) is 0 Å². The van der Waals surface area contributed by atoms with Gasteiger partial charge in [0.1, 0.15) is 0 Å². The number of aromatic nitrogens is 2. The monoisotopic (exact) mass is 169 g/mol. The predicted molar refractivity (Wildman–Crippen MR) is 43.6 cm³/mol. The molecule has 0 aliphatic rings. The Morgan fingerprint density at radius 3 is 2.83 bits per heavy atom. The number of hydrogen-bond donors (Lipinski definition) is 2. The summed E-state index contributed by atoms with van der Waals surface area (Å²) in [6.45, 7) is 3.54. The van der Waals surface area contributed by atoms with Crippen LogP contribution in [0.5, 0.6) is 0 Å². The quantitative estimate of drug-likeness (QED) is 0.634. The predicted octanol–water partition coefficient (Wildman–Crippen LogP) is 0.557. The molecule has 0 fully saturated rings. The number of esters is 1. The lowest BCUT2D eigenvalue weighted by Gasteiger charge is -2.05. The summed E-state index contributed by atoms with van der Waals surface area (Å²) in [5.74, 6) is -0.305. The summed E-state index contributed by atoms with van der Waals surface area (Å²) in [4.78, 5) is 17.4. The number of anilines is 1. The Labute approximate surface area is 69.9 Å². The van der Waals surface area contributed by atoms with Gasteiger partial charge < -0.3 is 15.5 Å². The second kappa shape index (κ2) is 3.25. The largest absolute Gasteiger partial charge is 0.458 e. The van der Waals surface area contributed by atoms with Crippen LogP contribution in [0.2, 0.25) is 0 Å². The fourth-order valence-corrected chi connectivity index (χ4v) is 0.741. The van der Waals surface area contributed by atoms with E-state index in [4.69, 9.17) is 10.5 Å². The van der Waals surface area contributed by atoms with Crippen molar-refractivity contribution in [3.05, 3.63) is 12.0 Å². The zero-order valence-corrected chi connectivity index (χ0v) is 7.00. The SMILES string of the molecule is CC(C)OC(=O)c1[nH]cnc1N. The van der Waals surface area contributed by atoms with Crippen molar-refractivity contribution in [1.29, 1.82) is 0 Å². The highest BCUT2D eigenvalue weighted by molar-refractivity contribution is 5.91. The molecule has 0 spiro atoms. The molecule has 5 heteroatoms. The van der Waals surface area contributed by atoms with E-state index in [1.54, 1.807) is 13.8 Å². The Bertz CT molecular complexity index is 280. The van der Waals surface area contributed by atoms with E-state index in [1.807, 2.05) is 0 Å². The third kappa shape index (κ3) is 1.75. The lowest BCUT2D eigenvalue weighted by molar-refractivity contribution is 0.0373. The van der Waals surface area contributed by atoms with Gasteiger partial charge in [-0.1, -0.05) is 0 Å². The third-order valence-corrected chi connectivity index (χ3v) is 1.22. The van der Waals surface area contributed by atoms with Gasteiger partial charge in [0.2, 0.25) is 0 Å². The van der Waals surface area contributed by atoms with Crippen molar-refractivity contribution in [3.8, 4) is 0 Å². The van der Waals surface area contributed by atoms with Crippen molar-refractivity contribution in [2.75, 3.05) is 5.73 Å². The summed E-state index contributed by atoms with van der Waals surface area (Å²) in [7, 11) is 0. The summed E-state index contributed by atoms with van der Waals surface area (Å²) < 4.78 is 4.89. The molecule has 0 radical (unpaired) electrons. The van der Waals surface area contributed by atoms with Crippen LogP contribution in [0.15, 0.2) is 6.33 Å². The maximum Gasteiger partial charge on any atom is 0.358 e. The molecule has 1 aromatic heterocycles. The third-order valence-electron chi connectivity index (χ3n) is 1.22. The number of H-pyrrole nitrogens is 1. The highest BCUT2D eigenvalue weighted by Gasteiger charge is 2.14. The standard InChI is InChI=1S/C7H11N3O2/c1-4(2)12-7(11)5-6(8)10-3-9-5/h3-4H,8H2,1-2H3,(H,9,10). The molecule has 0 aromatic carbocycles. The number of nitrogens with one attached hydrogen (secondary N) is 1. The molecule has 1 heterocycles. The van der Waals surface area contributed by atoms with Crippen LogP contribution in [-0.4, -0.2) is 22.0 Å². The molecule has 3 N–H and O–H groups in total. The van der Waals surface area contributed by atoms with Crippen LogP contribution in [-0.2, 0) is 4.74 Å². The number of hydrogen-bond acceptors (Lipinski definition) is 4. The molecule has 0 aliphatic carbocycles. The first-order chi connectivity index (χ1) is 5.61. The average molecular weight is 169 g/mol. The van der Waals surface area contributed by atoms with Gasteiger partial charge >= 0.3 is 5.97 Å². The Morgan fingerprint density at radius 2 is 2.42 bits per heavy atom. The number of nitrogens with zero attached hydrogens (tertiary/aromatic N) is 1. The molecular formula is C7H11N3O2. The van der Waals surface area contributed by atoms with E-state index in [0.717, 1.165) is 0 Å². The van der Waals surface area contributed by atoms with Crippen molar-refractivity contribution in [1.82, 2.24) is 9.97 Å². The number of aromatic amines is 1. The number of ether oxygens (including phenoxy) is 1. The van der Waals surface area contributed by atoms with E-state index in [-0.39, 0.29) is 17.6 Å². The minimum Gasteiger partial charge on any atom is -0.458 e. The smallest absolute Gasteiger partial charge is 0.358 e. The topological polar surface area (TPSA) is 81.0 Å². The Balaban J connectivity index is 2.72. The summed E-state index contributed by atoms with van der Waals surface area (Å²) in [5.41, 5.74) is 5.59. The highest BCUT2D eigenvalue weighted by Crippen LogP contribution is 2.06. The van der Waals surface area contributed by atoms with Crippen LogP contribution in [0.3, 0.4) is 0 Å². The normalized spacial score (nSPS) is 10.2. The Morgan fingerprint density at radius 1 is 1.75 bits per heavy atom. The zero-order chi connectivity index (χ0) is 9.14. The van der Waals surface area contributed by atoms with E-state index >= 15 is 0 Å². The van der Waals surface area contributed by atoms with Crippen LogP contribution < -0.4 is 5.73 Å². The van der Waals surface area contributed by atoms with Crippen molar-refractivity contribution in [2.45, 2.75) is 20.0 Å². The maximum absolute atomic E-state index is 11.2. The van der Waals surface area contributed by atoms with Gasteiger partial charge in [0, 0.05) is 0 Å². The molecule has 0 unspecified atom stereocenters. The number of nitrogens with two attached hydrogens (primary N) is 1. The lowest BCUT2D eigenvalue weighted by Crippen LogP contribution is -2.13. The molecule has 1 rings (SSSR count). The second-order valence-electron chi connectivity index (χ2n) is 2.62. The van der Waals surface area contributed by atoms with Gasteiger partial charge in [0.15, 0.2) is 11.5 Å². The van der Waals surface area contributed by atoms with Crippen LogP contribution in [0, 0.1) is 0 Å². The molecule has 12 heavy (non-hydrogen) atoms. The van der Waals surface area contributed by atoms with Gasteiger partial charge in [0.05, 0.1) is 12.4 Å². The van der Waals surface area contributed by atoms with E-state index in [2.05, 4.69) is 9.97 Å². The average Bonchev–Trinajstić information content (AvgIpc) is 2.33. The van der Waals surface area contributed by atoms with Gasteiger partial charge in [-0.2, -0.15) is 0 Å². The van der Waals surface area contributed by atoms with E-state index in [1.165, 1.54) is 6.33 Å². The number of carbonyl (C=O) groups is 1. The Hall–Kier alpha value is -1.52. The fourth-order valence-electron chi connectivity index (χ4n) is 0.741. The molecule has 0 amide bonds. The van der Waals surface area contributed by atoms with Crippen molar-refractivity contribution < 1.29 is 9.53 Å². The van der Waals surface area contributed by atoms with Crippen LogP contribution >= 0.6 is 0 Å². The molecule has 1 aromatic rings. The number of imidazole rings is 1. The van der Waals surface area contributed by atoms with Crippen LogP contribution in [0.4, 0.5) is 5.82 Å². The van der Waals surface area contributed by atoms with Gasteiger partial charge in [-0.15, -0.1) is 0 Å². The molecule has 66 valence electrons. The fraction of sp³-hybridized carbons (Fsp3) is 0.429. The van der Waals surface area contributed by atoms with Crippen molar-refractivity contribution in [2.24, 2.45) is 0 Å². The molecular weight excluding hydrogens is 158 g/mol. The van der Waals surface area contributed by atoms with E-state index in [0.29, 0.717) is 0 Å². The summed E-state index contributed by atoms with van der Waals surface area (Å²) in [6, 6.07) is 0. The zero-order valence-electron chi connectivity index (χ0n) is 7.00. The summed E-state index contributed by atoms with van der Waals surface area (Å²) in [6.07, 6.45) is 1.20. The minimum atomic E-state index is -0.472. The first kappa shape index (κ1) is 8.58. The van der Waals surface area contributed by atoms with Crippen molar-refractivity contribution in [3.63, 3.8) is 0 Å². The van der Waals surface area contributed by atoms with Crippen molar-refractivity contribution >= 4 is 11.8 Å². The highest BCUT2D eigenvalue weighted by atomic mass is 16.5. The van der Waals surface area contributed by atoms with Crippen LogP contribution in [0.25, 0.3) is 0 Å². The molecule has 0 saturated carbocycles. The first-order valence-electron chi connectivity index (χ1n) is 3.61. The molecule has 0 saturated heterocycles. The van der Waals surface area contributed by atoms with E-state index < -0.39 is 5.97 Å². The number of nitrogen functional groups attached to an aromatic ring is 1. The van der Waals surface area contributed by atoms with Crippen LogP contribution in [0.1, 0.15) is 24.3 Å². The second-order valence-corrected chi connectivity index (χ2v) is 2.62. The number of rotatable bonds is 2. The summed E-state index contributed by atoms with van der Waals surface area (Å²) in [5, 5.41) is 0. The molecule has 5 nitrogen and oxygen atoms in total. The first-order valence-corrected chi connectivity index (χ1v) is 3.61. The van der Waals surface area contributed by atoms with E-state index in [9.17, 15) is 4.79 Å². The lowest BCUT2D eigenvalue weighted by atomic mass is 10.4. The molecule has 0 bridgehead atoms. The maximum atomic E-state index is 11.2. The van der Waals surface area contributed by atoms with Gasteiger partial charge in [-0.25, -0.2) is 9.78 Å². The van der Waals surface area contributed by atoms with Gasteiger partial charge in [-0.05, 0) is 13.8 Å². The minimum absolute atomic E-state index is 0.153. The van der Waals surface area contributed by atoms with Gasteiger partial charge in [-0.3, -0.25) is 0 Å². The molecule has 0 aliphatic heterocycles. The molecule has 0 atom stereocenters. The number of carbonyl (C=O) groups excluding carboxylic acids is 1.